The Labute approximate surface area is 102 Å². The Morgan fingerprint density at radius 1 is 1.47 bits per heavy atom. The van der Waals surface area contributed by atoms with Crippen LogP contribution in [0.25, 0.3) is 0 Å². The van der Waals surface area contributed by atoms with Crippen molar-refractivity contribution in [3.8, 4) is 0 Å². The maximum Gasteiger partial charge on any atom is 0.245 e. The summed E-state index contributed by atoms with van der Waals surface area (Å²) in [5.41, 5.74) is 5.54. The van der Waals surface area contributed by atoms with E-state index in [4.69, 9.17) is 5.73 Å². The van der Waals surface area contributed by atoms with Crippen molar-refractivity contribution in [2.75, 3.05) is 12.3 Å². The maximum absolute atomic E-state index is 11.9. The molecule has 7 heteroatoms. The lowest BCUT2D eigenvalue weighted by molar-refractivity contribution is 0.414. The molecule has 6 nitrogen and oxygen atoms in total. The minimum absolute atomic E-state index is 0.0252. The first-order valence-corrected chi connectivity index (χ1v) is 7.01. The van der Waals surface area contributed by atoms with Gasteiger partial charge in [0.25, 0.3) is 0 Å². The Kier molecular flexibility index (Phi) is 4.16. The number of hydrogen-bond donors (Lipinski definition) is 2. The van der Waals surface area contributed by atoms with Gasteiger partial charge in [-0.3, -0.25) is 4.68 Å². The van der Waals surface area contributed by atoms with Gasteiger partial charge in [0.1, 0.15) is 4.90 Å². The quantitative estimate of drug-likeness (QED) is 0.810. The minimum Gasteiger partial charge on any atom is -0.381 e. The van der Waals surface area contributed by atoms with Crippen molar-refractivity contribution >= 4 is 15.8 Å². The summed E-state index contributed by atoms with van der Waals surface area (Å²) >= 11 is 0. The number of hydrogen-bond acceptors (Lipinski definition) is 4. The van der Waals surface area contributed by atoms with Crippen molar-refractivity contribution in [3.05, 3.63) is 6.20 Å². The topological polar surface area (TPSA) is 90.0 Å². The van der Waals surface area contributed by atoms with Crippen molar-refractivity contribution in [2.24, 2.45) is 18.9 Å². The molecule has 0 fully saturated rings. The van der Waals surface area contributed by atoms with E-state index in [1.807, 2.05) is 6.92 Å². The number of sulfonamides is 1. The Hall–Kier alpha value is -1.08. The van der Waals surface area contributed by atoms with Crippen molar-refractivity contribution in [1.29, 1.82) is 0 Å². The number of aryl methyl sites for hydroxylation is 1. The third kappa shape index (κ3) is 3.44. The van der Waals surface area contributed by atoms with E-state index in [1.165, 1.54) is 10.9 Å². The van der Waals surface area contributed by atoms with Crippen LogP contribution in [0.15, 0.2) is 11.1 Å². The summed E-state index contributed by atoms with van der Waals surface area (Å²) in [4.78, 5) is 0.0379. The van der Waals surface area contributed by atoms with E-state index >= 15 is 0 Å². The summed E-state index contributed by atoms with van der Waals surface area (Å²) in [5, 5.41) is 3.81. The molecule has 1 rings (SSSR count). The normalized spacial score (nSPS) is 14.2. The van der Waals surface area contributed by atoms with Crippen molar-refractivity contribution in [3.63, 3.8) is 0 Å². The molecule has 1 unspecified atom stereocenters. The molecule has 0 aliphatic carbocycles. The van der Waals surface area contributed by atoms with Crippen LogP contribution in [-0.2, 0) is 17.1 Å². The second kappa shape index (κ2) is 5.05. The van der Waals surface area contributed by atoms with Gasteiger partial charge in [-0.2, -0.15) is 5.10 Å². The van der Waals surface area contributed by atoms with Gasteiger partial charge in [-0.25, -0.2) is 13.1 Å². The molecule has 1 aromatic heterocycles. The summed E-state index contributed by atoms with van der Waals surface area (Å²) in [6.45, 7) is 6.50. The summed E-state index contributed by atoms with van der Waals surface area (Å²) in [6, 6.07) is 0. The molecule has 1 aromatic rings. The van der Waals surface area contributed by atoms with E-state index in [9.17, 15) is 8.42 Å². The van der Waals surface area contributed by atoms with Crippen LogP contribution >= 0.6 is 0 Å². The summed E-state index contributed by atoms with van der Waals surface area (Å²) in [6.07, 6.45) is 1.40. The number of aromatic nitrogens is 2. The highest BCUT2D eigenvalue weighted by molar-refractivity contribution is 7.89. The highest BCUT2D eigenvalue weighted by atomic mass is 32.2. The smallest absolute Gasteiger partial charge is 0.245 e. The van der Waals surface area contributed by atoms with Crippen molar-refractivity contribution in [2.45, 2.75) is 25.7 Å². The van der Waals surface area contributed by atoms with Crippen LogP contribution in [0.2, 0.25) is 0 Å². The first-order valence-electron chi connectivity index (χ1n) is 5.53. The third-order valence-electron chi connectivity index (χ3n) is 2.84. The van der Waals surface area contributed by atoms with Crippen molar-refractivity contribution < 1.29 is 8.42 Å². The van der Waals surface area contributed by atoms with Crippen LogP contribution in [0.1, 0.15) is 20.8 Å². The number of nitrogens with two attached hydrogens (primary N) is 1. The zero-order valence-corrected chi connectivity index (χ0v) is 11.5. The van der Waals surface area contributed by atoms with Gasteiger partial charge in [0.05, 0.1) is 0 Å². The molecular formula is C10H20N4O2S. The largest absolute Gasteiger partial charge is 0.381 e. The van der Waals surface area contributed by atoms with E-state index in [0.29, 0.717) is 12.5 Å². The molecule has 1 heterocycles. The highest BCUT2D eigenvalue weighted by Gasteiger charge is 2.21. The van der Waals surface area contributed by atoms with Gasteiger partial charge < -0.3 is 5.73 Å². The maximum atomic E-state index is 11.9. The van der Waals surface area contributed by atoms with E-state index in [2.05, 4.69) is 23.7 Å². The van der Waals surface area contributed by atoms with Gasteiger partial charge in [0.2, 0.25) is 10.0 Å². The molecule has 0 saturated heterocycles. The predicted molar refractivity (Wildman–Crippen MR) is 66.8 cm³/mol. The highest BCUT2D eigenvalue weighted by Crippen LogP contribution is 2.16. The van der Waals surface area contributed by atoms with Gasteiger partial charge in [-0.1, -0.05) is 20.8 Å². The Morgan fingerprint density at radius 2 is 2.06 bits per heavy atom. The van der Waals surface area contributed by atoms with Gasteiger partial charge in [0, 0.05) is 19.8 Å². The van der Waals surface area contributed by atoms with Gasteiger partial charge in [-0.15, -0.1) is 0 Å². The van der Waals surface area contributed by atoms with Crippen LogP contribution in [0, 0.1) is 11.8 Å². The fraction of sp³-hybridized carbons (Fsp3) is 0.700. The first-order chi connectivity index (χ1) is 7.74. The molecule has 0 bridgehead atoms. The summed E-state index contributed by atoms with van der Waals surface area (Å²) in [7, 11) is -1.93. The molecule has 0 radical (unpaired) electrons. The Balaban J connectivity index is 2.80. The van der Waals surface area contributed by atoms with E-state index in [1.54, 1.807) is 7.05 Å². The molecule has 0 amide bonds. The summed E-state index contributed by atoms with van der Waals surface area (Å²) < 4.78 is 27.8. The van der Waals surface area contributed by atoms with Crippen LogP contribution in [0.4, 0.5) is 5.82 Å². The minimum atomic E-state index is -3.56. The monoisotopic (exact) mass is 260 g/mol. The molecule has 0 saturated carbocycles. The second-order valence-corrected chi connectivity index (χ2v) is 6.36. The van der Waals surface area contributed by atoms with Gasteiger partial charge in [-0.05, 0) is 11.8 Å². The number of anilines is 1. The number of nitrogen functional groups attached to an aromatic ring is 1. The SMILES string of the molecule is CC(C)C(C)CNS(=O)(=O)c1cn(C)nc1N. The molecule has 0 aliphatic heterocycles. The van der Waals surface area contributed by atoms with Gasteiger partial charge in [0.15, 0.2) is 5.82 Å². The molecule has 0 spiro atoms. The molecule has 0 aliphatic rings. The lowest BCUT2D eigenvalue weighted by atomic mass is 9.99. The van der Waals surface area contributed by atoms with Crippen LogP contribution in [0.3, 0.4) is 0 Å². The zero-order valence-electron chi connectivity index (χ0n) is 10.6. The number of rotatable bonds is 5. The Morgan fingerprint density at radius 3 is 2.47 bits per heavy atom. The van der Waals surface area contributed by atoms with E-state index < -0.39 is 10.0 Å². The number of nitrogens with zero attached hydrogens (tertiary/aromatic N) is 2. The second-order valence-electron chi connectivity index (χ2n) is 4.63. The average Bonchev–Trinajstić information content (AvgIpc) is 2.55. The fourth-order valence-electron chi connectivity index (χ4n) is 1.25. The van der Waals surface area contributed by atoms with Crippen molar-refractivity contribution in [1.82, 2.24) is 14.5 Å². The third-order valence-corrected chi connectivity index (χ3v) is 4.29. The molecule has 1 atom stereocenters. The zero-order chi connectivity index (χ0) is 13.2. The molecule has 0 aromatic carbocycles. The van der Waals surface area contributed by atoms with Crippen LogP contribution < -0.4 is 10.5 Å². The number of nitrogens with one attached hydrogen (secondary N) is 1. The lowest BCUT2D eigenvalue weighted by Gasteiger charge is -2.15. The summed E-state index contributed by atoms with van der Waals surface area (Å²) in [5.74, 6) is 0.712. The van der Waals surface area contributed by atoms with Crippen LogP contribution in [0.5, 0.6) is 0 Å². The molecule has 3 N–H and O–H groups in total. The van der Waals surface area contributed by atoms with E-state index in [-0.39, 0.29) is 16.6 Å². The molecule has 17 heavy (non-hydrogen) atoms. The lowest BCUT2D eigenvalue weighted by Crippen LogP contribution is -2.30. The molecule has 98 valence electrons. The fourth-order valence-corrected chi connectivity index (χ4v) is 2.49. The first kappa shape index (κ1) is 14.0. The standard InChI is InChI=1S/C10H20N4O2S/c1-7(2)8(3)5-12-17(15,16)9-6-14(4)13-10(9)11/h6-8,12H,5H2,1-4H3,(H2,11,13). The Bertz CT molecular complexity index is 478. The van der Waals surface area contributed by atoms with E-state index in [0.717, 1.165) is 0 Å². The molecular weight excluding hydrogens is 240 g/mol. The van der Waals surface area contributed by atoms with Crippen LogP contribution in [-0.4, -0.2) is 24.7 Å². The predicted octanol–water partition coefficient (Wildman–Crippen LogP) is 0.573. The van der Waals surface area contributed by atoms with Gasteiger partial charge >= 0.3 is 0 Å². The average molecular weight is 260 g/mol.